The molecule has 216 valence electrons. The predicted octanol–water partition coefficient (Wildman–Crippen LogP) is 0.935. The molecule has 4 N–H and O–H groups in total. The summed E-state index contributed by atoms with van der Waals surface area (Å²) in [7, 11) is -8.61. The lowest BCUT2D eigenvalue weighted by atomic mass is 9.92. The fourth-order valence-corrected chi connectivity index (χ4v) is 7.91. The number of aliphatic hydroxyl groups is 2. The first-order chi connectivity index (χ1) is 18.3. The molecule has 1 aliphatic rings. The van der Waals surface area contributed by atoms with Crippen LogP contribution in [0.25, 0.3) is 0 Å². The second kappa shape index (κ2) is 12.6. The number of carbonyl (C=O) groups excluding carboxylic acids is 1. The molecule has 0 spiro atoms. The van der Waals surface area contributed by atoms with Crippen LogP contribution in [0.3, 0.4) is 0 Å². The van der Waals surface area contributed by atoms with E-state index < -0.39 is 61.4 Å². The molecule has 13 heteroatoms. The summed E-state index contributed by atoms with van der Waals surface area (Å²) >= 11 is 0. The van der Waals surface area contributed by atoms with Gasteiger partial charge >= 0.3 is 0 Å². The Hall–Kier alpha value is -2.71. The van der Waals surface area contributed by atoms with Crippen LogP contribution in [0.15, 0.2) is 53.4 Å². The van der Waals surface area contributed by atoms with Gasteiger partial charge in [-0.2, -0.15) is 0 Å². The van der Waals surface area contributed by atoms with Crippen molar-refractivity contribution in [3.63, 3.8) is 0 Å². The molecule has 0 aliphatic carbocycles. The number of ether oxygens (including phenoxy) is 2. The molecule has 3 atom stereocenters. The molecule has 1 amide bonds. The van der Waals surface area contributed by atoms with Gasteiger partial charge in [-0.25, -0.2) is 21.1 Å². The van der Waals surface area contributed by atoms with Crippen LogP contribution in [0.5, 0.6) is 11.5 Å². The van der Waals surface area contributed by atoms with Gasteiger partial charge in [-0.3, -0.25) is 4.79 Å². The summed E-state index contributed by atoms with van der Waals surface area (Å²) in [6.45, 7) is 2.05. The zero-order valence-electron chi connectivity index (χ0n) is 22.0. The zero-order chi connectivity index (χ0) is 28.8. The fraction of sp³-hybridized carbons (Fsp3) is 0.500. The van der Waals surface area contributed by atoms with E-state index in [1.165, 1.54) is 25.1 Å². The highest BCUT2D eigenvalue weighted by atomic mass is 32.2. The summed E-state index contributed by atoms with van der Waals surface area (Å²) in [6.07, 6.45) is -1.14. The molecule has 0 aromatic heterocycles. The van der Waals surface area contributed by atoms with Gasteiger partial charge in [0.25, 0.3) is 10.0 Å². The second-order valence-electron chi connectivity index (χ2n) is 9.96. The quantitative estimate of drug-likeness (QED) is 0.288. The van der Waals surface area contributed by atoms with Crippen molar-refractivity contribution in [2.75, 3.05) is 37.9 Å². The number of sulfonamides is 1. The van der Waals surface area contributed by atoms with Crippen LogP contribution in [-0.2, 0) is 31.1 Å². The van der Waals surface area contributed by atoms with Gasteiger partial charge in [0.05, 0.1) is 34.6 Å². The van der Waals surface area contributed by atoms with E-state index >= 15 is 0 Å². The molecule has 1 unspecified atom stereocenters. The van der Waals surface area contributed by atoms with Gasteiger partial charge in [0.2, 0.25) is 5.91 Å². The molecule has 0 fully saturated rings. The molecule has 1 heterocycles. The number of amides is 1. The van der Waals surface area contributed by atoms with Gasteiger partial charge in [-0.1, -0.05) is 37.3 Å². The summed E-state index contributed by atoms with van der Waals surface area (Å²) in [5.41, 5.74) is 5.31. The standard InChI is InChI=1S/C26H36N2O9S2/c1-19(15-20-7-4-3-5-8-20)24(27)28(25(31)26(2,17-30)18-38(32,33)14-6-11-29)39(34,35)21-9-10-22-23(16-21)37-13-12-36-22/h3-5,7-10,16,19,24,29-30H,6,11-15,17-18,27H2,1-2H3/t19-,24-,26?/m0/s1. The molecule has 0 bridgehead atoms. The van der Waals surface area contributed by atoms with Gasteiger partial charge in [0, 0.05) is 12.7 Å². The van der Waals surface area contributed by atoms with E-state index in [1.807, 2.05) is 30.3 Å². The fourth-order valence-electron chi connectivity index (χ4n) is 4.32. The first-order valence-corrected chi connectivity index (χ1v) is 15.8. The van der Waals surface area contributed by atoms with Crippen molar-refractivity contribution in [2.24, 2.45) is 17.1 Å². The lowest BCUT2D eigenvalue weighted by molar-refractivity contribution is -0.139. The molecule has 0 saturated heterocycles. The maximum absolute atomic E-state index is 14.0. The topological polar surface area (TPSA) is 174 Å². The molecule has 2 aromatic carbocycles. The number of carbonyl (C=O) groups is 1. The predicted molar refractivity (Wildman–Crippen MR) is 144 cm³/mol. The first kappa shape index (κ1) is 30.8. The summed E-state index contributed by atoms with van der Waals surface area (Å²) in [6, 6.07) is 13.1. The summed E-state index contributed by atoms with van der Waals surface area (Å²) < 4.78 is 64.9. The Bertz CT molecular complexity index is 1350. The largest absolute Gasteiger partial charge is 0.486 e. The number of nitrogens with zero attached hydrogens (tertiary/aromatic N) is 1. The van der Waals surface area contributed by atoms with Crippen LogP contribution in [0.4, 0.5) is 0 Å². The highest BCUT2D eigenvalue weighted by Gasteiger charge is 2.47. The lowest BCUT2D eigenvalue weighted by Crippen LogP contribution is -2.58. The Morgan fingerprint density at radius 1 is 1.05 bits per heavy atom. The molecule has 11 nitrogen and oxygen atoms in total. The molecule has 2 aromatic rings. The Morgan fingerprint density at radius 2 is 1.69 bits per heavy atom. The van der Waals surface area contributed by atoms with Crippen LogP contribution in [0, 0.1) is 11.3 Å². The molecule has 0 saturated carbocycles. The molecule has 0 radical (unpaired) electrons. The van der Waals surface area contributed by atoms with Gasteiger partial charge in [-0.05, 0) is 43.4 Å². The third kappa shape index (κ3) is 7.28. The summed E-state index contributed by atoms with van der Waals surface area (Å²) in [5, 5.41) is 19.3. The van der Waals surface area contributed by atoms with Crippen molar-refractivity contribution in [3.8, 4) is 11.5 Å². The third-order valence-electron chi connectivity index (χ3n) is 6.54. The van der Waals surface area contributed by atoms with Gasteiger partial charge in [0.15, 0.2) is 21.3 Å². The van der Waals surface area contributed by atoms with Crippen molar-refractivity contribution < 1.29 is 41.3 Å². The average Bonchev–Trinajstić information content (AvgIpc) is 2.91. The number of hydrogen-bond donors (Lipinski definition) is 3. The van der Waals surface area contributed by atoms with Crippen molar-refractivity contribution in [1.29, 1.82) is 0 Å². The van der Waals surface area contributed by atoms with Crippen molar-refractivity contribution >= 4 is 25.8 Å². The minimum Gasteiger partial charge on any atom is -0.486 e. The monoisotopic (exact) mass is 584 g/mol. The first-order valence-electron chi connectivity index (χ1n) is 12.5. The van der Waals surface area contributed by atoms with Crippen LogP contribution in [0.2, 0.25) is 0 Å². The molecular weight excluding hydrogens is 548 g/mol. The van der Waals surface area contributed by atoms with Crippen LogP contribution >= 0.6 is 0 Å². The molecule has 39 heavy (non-hydrogen) atoms. The highest BCUT2D eigenvalue weighted by Crippen LogP contribution is 2.35. The van der Waals surface area contributed by atoms with E-state index in [2.05, 4.69) is 0 Å². The number of aliphatic hydroxyl groups excluding tert-OH is 2. The molecular formula is C26H36N2O9S2. The minimum absolute atomic E-state index is 0.0646. The smallest absolute Gasteiger partial charge is 0.268 e. The number of nitrogens with two attached hydrogens (primary N) is 1. The number of benzene rings is 2. The van der Waals surface area contributed by atoms with E-state index in [1.54, 1.807) is 6.92 Å². The highest BCUT2D eigenvalue weighted by molar-refractivity contribution is 7.91. The summed E-state index contributed by atoms with van der Waals surface area (Å²) in [5.74, 6) is -2.48. The summed E-state index contributed by atoms with van der Waals surface area (Å²) in [4.78, 5) is 13.7. The lowest BCUT2D eigenvalue weighted by Gasteiger charge is -2.38. The van der Waals surface area contributed by atoms with Crippen molar-refractivity contribution in [2.45, 2.75) is 37.8 Å². The van der Waals surface area contributed by atoms with E-state index in [0.717, 1.165) is 5.56 Å². The normalized spacial score (nSPS) is 16.6. The second-order valence-corrected chi connectivity index (χ2v) is 14.0. The van der Waals surface area contributed by atoms with Gasteiger partial charge < -0.3 is 25.4 Å². The SMILES string of the molecule is C[C@@H](Cc1ccccc1)[C@@H](N)N(C(=O)C(C)(CO)CS(=O)(=O)CCCO)S(=O)(=O)c1ccc2c(c1)OCCO2. The number of rotatable bonds is 13. The van der Waals surface area contributed by atoms with Gasteiger partial charge in [-0.15, -0.1) is 0 Å². The molecule has 3 rings (SSSR count). The number of fused-ring (bicyclic) bond motifs is 1. The van der Waals surface area contributed by atoms with E-state index in [9.17, 15) is 26.7 Å². The number of hydrogen-bond acceptors (Lipinski definition) is 10. The zero-order valence-corrected chi connectivity index (χ0v) is 23.7. The van der Waals surface area contributed by atoms with Crippen LogP contribution in [0.1, 0.15) is 25.8 Å². The van der Waals surface area contributed by atoms with E-state index in [4.69, 9.17) is 20.3 Å². The maximum Gasteiger partial charge on any atom is 0.268 e. The van der Waals surface area contributed by atoms with Crippen molar-refractivity contribution in [1.82, 2.24) is 4.31 Å². The Balaban J connectivity index is 2.06. The maximum atomic E-state index is 14.0. The Kier molecular flexibility index (Phi) is 9.99. The van der Waals surface area contributed by atoms with Crippen molar-refractivity contribution in [3.05, 3.63) is 54.1 Å². The Labute approximate surface area is 229 Å². The van der Waals surface area contributed by atoms with E-state index in [-0.39, 0.29) is 30.3 Å². The molecule has 1 aliphatic heterocycles. The van der Waals surface area contributed by atoms with Gasteiger partial charge in [0.1, 0.15) is 13.2 Å². The minimum atomic E-state index is -4.66. The number of sulfone groups is 1. The van der Waals surface area contributed by atoms with Crippen LogP contribution in [-0.4, -0.2) is 81.4 Å². The third-order valence-corrected chi connectivity index (χ3v) is 10.3. The average molecular weight is 585 g/mol. The Morgan fingerprint density at radius 3 is 2.31 bits per heavy atom. The van der Waals surface area contributed by atoms with Crippen LogP contribution < -0.4 is 15.2 Å². The van der Waals surface area contributed by atoms with E-state index in [0.29, 0.717) is 23.1 Å².